The molecular formula is C23H27ClN4O4. The van der Waals surface area contributed by atoms with Crippen LogP contribution in [-0.2, 0) is 4.79 Å². The number of nitrogens with one attached hydrogen (secondary N) is 2. The molecule has 2 aromatic rings. The van der Waals surface area contributed by atoms with Crippen molar-refractivity contribution in [2.24, 2.45) is 0 Å². The van der Waals surface area contributed by atoms with Crippen LogP contribution in [0.4, 0.5) is 10.5 Å². The van der Waals surface area contributed by atoms with Crippen molar-refractivity contribution in [3.05, 3.63) is 59.1 Å². The standard InChI is InChI=1S/C23H27ClN4O4/c1-16(2)25-23(31)26-19-5-3-4-17(14-19)22(30)28-12-10-27(11-13-28)21(29)15-32-20-8-6-18(24)7-9-20/h3-9,14,16H,10-13,15H2,1-2H3,(H2,25,26,31). The summed E-state index contributed by atoms with van der Waals surface area (Å²) in [5.41, 5.74) is 1.03. The van der Waals surface area contributed by atoms with Gasteiger partial charge in [-0.1, -0.05) is 17.7 Å². The maximum Gasteiger partial charge on any atom is 0.319 e. The largest absolute Gasteiger partial charge is 0.484 e. The maximum absolute atomic E-state index is 12.9. The molecule has 1 fully saturated rings. The van der Waals surface area contributed by atoms with Crippen LogP contribution in [-0.4, -0.2) is 66.5 Å². The van der Waals surface area contributed by atoms with Crippen LogP contribution in [0.2, 0.25) is 5.02 Å². The Bertz CT molecular complexity index is 957. The smallest absolute Gasteiger partial charge is 0.319 e. The molecule has 1 aliphatic rings. The first-order valence-electron chi connectivity index (χ1n) is 10.4. The number of urea groups is 1. The Hall–Kier alpha value is -3.26. The Balaban J connectivity index is 1.49. The number of halogens is 1. The van der Waals surface area contributed by atoms with Gasteiger partial charge >= 0.3 is 6.03 Å². The van der Waals surface area contributed by atoms with Gasteiger partial charge in [0.15, 0.2) is 6.61 Å². The van der Waals surface area contributed by atoms with E-state index in [1.54, 1.807) is 58.3 Å². The Morgan fingerprint density at radius 1 is 1.00 bits per heavy atom. The lowest BCUT2D eigenvalue weighted by molar-refractivity contribution is -0.134. The number of hydrogen-bond acceptors (Lipinski definition) is 4. The third kappa shape index (κ3) is 6.62. The van der Waals surface area contributed by atoms with E-state index in [2.05, 4.69) is 10.6 Å². The summed E-state index contributed by atoms with van der Waals surface area (Å²) >= 11 is 5.84. The highest BCUT2D eigenvalue weighted by molar-refractivity contribution is 6.30. The molecule has 1 saturated heterocycles. The van der Waals surface area contributed by atoms with Gasteiger partial charge < -0.3 is 25.2 Å². The molecule has 3 rings (SSSR count). The number of rotatable bonds is 6. The van der Waals surface area contributed by atoms with E-state index in [4.69, 9.17) is 16.3 Å². The van der Waals surface area contributed by atoms with Crippen LogP contribution in [0.25, 0.3) is 0 Å². The molecule has 0 spiro atoms. The number of amides is 4. The first-order chi connectivity index (χ1) is 15.3. The van der Waals surface area contributed by atoms with Gasteiger partial charge in [0.1, 0.15) is 5.75 Å². The van der Waals surface area contributed by atoms with E-state index < -0.39 is 0 Å². The fourth-order valence-corrected chi connectivity index (χ4v) is 3.39. The van der Waals surface area contributed by atoms with Gasteiger partial charge in [-0.05, 0) is 56.3 Å². The highest BCUT2D eigenvalue weighted by Gasteiger charge is 2.25. The van der Waals surface area contributed by atoms with Gasteiger partial charge in [-0.3, -0.25) is 9.59 Å². The molecule has 8 nitrogen and oxygen atoms in total. The van der Waals surface area contributed by atoms with Gasteiger partial charge in [0.05, 0.1) is 0 Å². The van der Waals surface area contributed by atoms with E-state index in [-0.39, 0.29) is 30.5 Å². The molecule has 2 N–H and O–H groups in total. The van der Waals surface area contributed by atoms with Gasteiger partial charge in [0.25, 0.3) is 11.8 Å². The molecule has 9 heteroatoms. The van der Waals surface area contributed by atoms with E-state index in [9.17, 15) is 14.4 Å². The molecule has 0 atom stereocenters. The summed E-state index contributed by atoms with van der Waals surface area (Å²) in [6.45, 7) is 5.39. The molecule has 2 aromatic carbocycles. The normalized spacial score (nSPS) is 13.6. The van der Waals surface area contributed by atoms with Crippen LogP contribution < -0.4 is 15.4 Å². The summed E-state index contributed by atoms with van der Waals surface area (Å²) in [5.74, 6) is 0.309. The van der Waals surface area contributed by atoms with Crippen molar-refractivity contribution in [1.82, 2.24) is 15.1 Å². The van der Waals surface area contributed by atoms with Crippen molar-refractivity contribution in [3.63, 3.8) is 0 Å². The minimum absolute atomic E-state index is 0.00964. The molecule has 1 heterocycles. The summed E-state index contributed by atoms with van der Waals surface area (Å²) in [4.78, 5) is 40.6. The van der Waals surface area contributed by atoms with Crippen molar-refractivity contribution in [1.29, 1.82) is 0 Å². The van der Waals surface area contributed by atoms with E-state index >= 15 is 0 Å². The molecule has 1 aliphatic heterocycles. The second kappa shape index (κ2) is 10.9. The molecular weight excluding hydrogens is 432 g/mol. The fraction of sp³-hybridized carbons (Fsp3) is 0.348. The number of carbonyl (C=O) groups is 3. The van der Waals surface area contributed by atoms with Gasteiger partial charge in [0.2, 0.25) is 0 Å². The van der Waals surface area contributed by atoms with Gasteiger partial charge in [-0.2, -0.15) is 0 Å². The lowest BCUT2D eigenvalue weighted by Crippen LogP contribution is -2.51. The average molecular weight is 459 g/mol. The summed E-state index contributed by atoms with van der Waals surface area (Å²) in [6.07, 6.45) is 0. The SMILES string of the molecule is CC(C)NC(=O)Nc1cccc(C(=O)N2CCN(C(=O)COc3ccc(Cl)cc3)CC2)c1. The highest BCUT2D eigenvalue weighted by atomic mass is 35.5. The van der Waals surface area contributed by atoms with Crippen LogP contribution in [0.15, 0.2) is 48.5 Å². The molecule has 0 radical (unpaired) electrons. The van der Waals surface area contributed by atoms with E-state index in [0.717, 1.165) is 0 Å². The van der Waals surface area contributed by atoms with E-state index in [0.29, 0.717) is 48.2 Å². The van der Waals surface area contributed by atoms with Gasteiger partial charge in [-0.25, -0.2) is 4.79 Å². The summed E-state index contributed by atoms with van der Waals surface area (Å²) in [7, 11) is 0. The molecule has 170 valence electrons. The predicted molar refractivity (Wildman–Crippen MR) is 123 cm³/mol. The minimum Gasteiger partial charge on any atom is -0.484 e. The summed E-state index contributed by atoms with van der Waals surface area (Å²) < 4.78 is 5.52. The molecule has 0 aromatic heterocycles. The summed E-state index contributed by atoms with van der Waals surface area (Å²) in [5, 5.41) is 6.07. The van der Waals surface area contributed by atoms with E-state index in [1.165, 1.54) is 0 Å². The fourth-order valence-electron chi connectivity index (χ4n) is 3.27. The average Bonchev–Trinajstić information content (AvgIpc) is 2.77. The Morgan fingerprint density at radius 2 is 1.66 bits per heavy atom. The predicted octanol–water partition coefficient (Wildman–Crippen LogP) is 3.23. The number of piperazine rings is 1. The minimum atomic E-state index is -0.322. The van der Waals surface area contributed by atoms with E-state index in [1.807, 2.05) is 13.8 Å². The zero-order valence-corrected chi connectivity index (χ0v) is 18.9. The quantitative estimate of drug-likeness (QED) is 0.695. The number of hydrogen-bond donors (Lipinski definition) is 2. The number of anilines is 1. The van der Waals surface area contributed by atoms with Crippen molar-refractivity contribution in [3.8, 4) is 5.75 Å². The van der Waals surface area contributed by atoms with Crippen molar-refractivity contribution >= 4 is 35.1 Å². The van der Waals surface area contributed by atoms with Crippen LogP contribution >= 0.6 is 11.6 Å². The molecule has 0 unspecified atom stereocenters. The first kappa shape index (κ1) is 23.4. The monoisotopic (exact) mass is 458 g/mol. The molecule has 0 aliphatic carbocycles. The maximum atomic E-state index is 12.9. The van der Waals surface area contributed by atoms with Crippen LogP contribution in [0.3, 0.4) is 0 Å². The lowest BCUT2D eigenvalue weighted by atomic mass is 10.1. The molecule has 0 saturated carbocycles. The zero-order valence-electron chi connectivity index (χ0n) is 18.1. The van der Waals surface area contributed by atoms with Crippen molar-refractivity contribution < 1.29 is 19.1 Å². The van der Waals surface area contributed by atoms with Crippen LogP contribution in [0.1, 0.15) is 24.2 Å². The van der Waals surface area contributed by atoms with Crippen LogP contribution in [0, 0.1) is 0 Å². The lowest BCUT2D eigenvalue weighted by Gasteiger charge is -2.34. The van der Waals surface area contributed by atoms with Crippen molar-refractivity contribution in [2.45, 2.75) is 19.9 Å². The van der Waals surface area contributed by atoms with Gasteiger partial charge in [0, 0.05) is 48.5 Å². The Morgan fingerprint density at radius 3 is 2.31 bits per heavy atom. The molecule has 4 amide bonds. The molecule has 0 bridgehead atoms. The third-order valence-electron chi connectivity index (χ3n) is 4.88. The third-order valence-corrected chi connectivity index (χ3v) is 5.13. The number of carbonyl (C=O) groups excluding carboxylic acids is 3. The number of benzene rings is 2. The van der Waals surface area contributed by atoms with Gasteiger partial charge in [-0.15, -0.1) is 0 Å². The summed E-state index contributed by atoms with van der Waals surface area (Å²) in [6, 6.07) is 13.3. The highest BCUT2D eigenvalue weighted by Crippen LogP contribution is 2.17. The molecule has 32 heavy (non-hydrogen) atoms. The number of ether oxygens (including phenoxy) is 1. The first-order valence-corrected chi connectivity index (χ1v) is 10.8. The topological polar surface area (TPSA) is 91.0 Å². The second-order valence-electron chi connectivity index (χ2n) is 7.75. The van der Waals surface area contributed by atoms with Crippen molar-refractivity contribution in [2.75, 3.05) is 38.1 Å². The Kier molecular flexibility index (Phi) is 7.94. The zero-order chi connectivity index (χ0) is 23.1. The second-order valence-corrected chi connectivity index (χ2v) is 8.19. The van der Waals surface area contributed by atoms with Crippen LogP contribution in [0.5, 0.6) is 5.75 Å². The number of nitrogens with zero attached hydrogens (tertiary/aromatic N) is 2. The Labute approximate surface area is 192 Å².